The summed E-state index contributed by atoms with van der Waals surface area (Å²) in [4.78, 5) is 0. The molecule has 1 atom stereocenters. The largest absolute Gasteiger partial charge is 0.388 e. The number of aliphatic hydroxyl groups excluding tert-OH is 1. The van der Waals surface area contributed by atoms with Gasteiger partial charge in [0.05, 0.1) is 22.0 Å². The molecule has 1 unspecified atom stereocenters. The first-order valence-electron chi connectivity index (χ1n) is 6.75. The van der Waals surface area contributed by atoms with Crippen molar-refractivity contribution in [3.8, 4) is 0 Å². The third kappa shape index (κ3) is 2.94. The number of rotatable bonds is 5. The van der Waals surface area contributed by atoms with Crippen LogP contribution in [0.1, 0.15) is 36.9 Å². The first-order valence-corrected chi connectivity index (χ1v) is 7.54. The molecular formula is C15H18BrFN2O. The highest BCUT2D eigenvalue weighted by atomic mass is 79.9. The molecule has 0 aliphatic carbocycles. The molecular weight excluding hydrogens is 323 g/mol. The zero-order valence-electron chi connectivity index (χ0n) is 11.6. The molecule has 0 saturated carbocycles. The SMILES string of the molecule is CCc1nn(CC)c(CC(O)c2ccccc2F)c1Br. The van der Waals surface area contributed by atoms with Crippen molar-refractivity contribution < 1.29 is 9.50 Å². The van der Waals surface area contributed by atoms with E-state index in [1.54, 1.807) is 18.2 Å². The van der Waals surface area contributed by atoms with Gasteiger partial charge in [0, 0.05) is 18.5 Å². The van der Waals surface area contributed by atoms with E-state index in [0.29, 0.717) is 12.0 Å². The maximum Gasteiger partial charge on any atom is 0.129 e. The van der Waals surface area contributed by atoms with E-state index < -0.39 is 6.10 Å². The predicted molar refractivity (Wildman–Crippen MR) is 80.0 cm³/mol. The molecule has 1 aromatic heterocycles. The molecule has 0 bridgehead atoms. The minimum Gasteiger partial charge on any atom is -0.388 e. The Kier molecular flexibility index (Phi) is 4.94. The van der Waals surface area contributed by atoms with Crippen LogP contribution in [-0.4, -0.2) is 14.9 Å². The molecule has 0 fully saturated rings. The zero-order valence-corrected chi connectivity index (χ0v) is 13.2. The number of aryl methyl sites for hydroxylation is 2. The second-order valence-corrected chi connectivity index (χ2v) is 5.41. The summed E-state index contributed by atoms with van der Waals surface area (Å²) in [5.41, 5.74) is 2.18. The molecule has 0 spiro atoms. The molecule has 108 valence electrons. The Morgan fingerprint density at radius 3 is 2.65 bits per heavy atom. The Labute approximate surface area is 126 Å². The van der Waals surface area contributed by atoms with Gasteiger partial charge in [0.25, 0.3) is 0 Å². The lowest BCUT2D eigenvalue weighted by Gasteiger charge is -2.13. The topological polar surface area (TPSA) is 38.0 Å². The Hall–Kier alpha value is -1.20. The Morgan fingerprint density at radius 1 is 1.35 bits per heavy atom. The van der Waals surface area contributed by atoms with Gasteiger partial charge in [-0.3, -0.25) is 4.68 Å². The van der Waals surface area contributed by atoms with Crippen LogP contribution in [0.15, 0.2) is 28.7 Å². The molecule has 1 aromatic carbocycles. The lowest BCUT2D eigenvalue weighted by molar-refractivity contribution is 0.170. The fourth-order valence-electron chi connectivity index (χ4n) is 2.25. The van der Waals surface area contributed by atoms with E-state index in [4.69, 9.17) is 0 Å². The number of nitrogens with zero attached hydrogens (tertiary/aromatic N) is 2. The van der Waals surface area contributed by atoms with E-state index in [9.17, 15) is 9.50 Å². The van der Waals surface area contributed by atoms with Crippen LogP contribution in [0, 0.1) is 5.82 Å². The highest BCUT2D eigenvalue weighted by molar-refractivity contribution is 9.10. The third-order valence-corrected chi connectivity index (χ3v) is 4.26. The lowest BCUT2D eigenvalue weighted by Crippen LogP contribution is -2.10. The fraction of sp³-hybridized carbons (Fsp3) is 0.400. The van der Waals surface area contributed by atoms with Gasteiger partial charge in [-0.1, -0.05) is 25.1 Å². The van der Waals surface area contributed by atoms with Gasteiger partial charge in [-0.25, -0.2) is 4.39 Å². The predicted octanol–water partition coefficient (Wildman–Crippen LogP) is 3.64. The highest BCUT2D eigenvalue weighted by Gasteiger charge is 2.19. The lowest BCUT2D eigenvalue weighted by atomic mass is 10.0. The molecule has 3 nitrogen and oxygen atoms in total. The van der Waals surface area contributed by atoms with Crippen LogP contribution in [0.25, 0.3) is 0 Å². The van der Waals surface area contributed by atoms with E-state index >= 15 is 0 Å². The van der Waals surface area contributed by atoms with Gasteiger partial charge in [-0.05, 0) is 35.3 Å². The van der Waals surface area contributed by atoms with Crippen LogP contribution in [0.5, 0.6) is 0 Å². The summed E-state index contributed by atoms with van der Waals surface area (Å²) < 4.78 is 16.5. The van der Waals surface area contributed by atoms with E-state index in [2.05, 4.69) is 21.0 Å². The van der Waals surface area contributed by atoms with Gasteiger partial charge in [0.1, 0.15) is 5.82 Å². The van der Waals surface area contributed by atoms with Crippen LogP contribution < -0.4 is 0 Å². The zero-order chi connectivity index (χ0) is 14.7. The molecule has 20 heavy (non-hydrogen) atoms. The quantitative estimate of drug-likeness (QED) is 0.902. The summed E-state index contributed by atoms with van der Waals surface area (Å²) in [7, 11) is 0. The van der Waals surface area contributed by atoms with Crippen LogP contribution in [0.3, 0.4) is 0 Å². The summed E-state index contributed by atoms with van der Waals surface area (Å²) in [6.07, 6.45) is 0.276. The second-order valence-electron chi connectivity index (χ2n) is 4.62. The smallest absolute Gasteiger partial charge is 0.129 e. The summed E-state index contributed by atoms with van der Waals surface area (Å²) >= 11 is 3.53. The molecule has 0 amide bonds. The van der Waals surface area contributed by atoms with Gasteiger partial charge >= 0.3 is 0 Å². The summed E-state index contributed by atoms with van der Waals surface area (Å²) in [5, 5.41) is 14.8. The number of hydrogen-bond acceptors (Lipinski definition) is 2. The van der Waals surface area contributed by atoms with Gasteiger partial charge in [-0.2, -0.15) is 5.10 Å². The molecule has 5 heteroatoms. The van der Waals surface area contributed by atoms with Crippen molar-refractivity contribution in [3.05, 3.63) is 51.5 Å². The van der Waals surface area contributed by atoms with Crippen molar-refractivity contribution in [1.82, 2.24) is 9.78 Å². The molecule has 2 rings (SSSR count). The number of aliphatic hydroxyl groups is 1. The molecule has 0 aliphatic heterocycles. The number of hydrogen-bond donors (Lipinski definition) is 1. The van der Waals surface area contributed by atoms with Crippen molar-refractivity contribution in [2.75, 3.05) is 0 Å². The Morgan fingerprint density at radius 2 is 2.05 bits per heavy atom. The van der Waals surface area contributed by atoms with Crippen LogP contribution in [-0.2, 0) is 19.4 Å². The number of aromatic nitrogens is 2. The van der Waals surface area contributed by atoms with Gasteiger partial charge < -0.3 is 5.11 Å². The van der Waals surface area contributed by atoms with Crippen molar-refractivity contribution in [2.45, 2.75) is 39.3 Å². The fourth-order valence-corrected chi connectivity index (χ4v) is 2.98. The maximum absolute atomic E-state index is 13.7. The summed E-state index contributed by atoms with van der Waals surface area (Å²) in [6.45, 7) is 4.75. The van der Waals surface area contributed by atoms with E-state index in [1.165, 1.54) is 6.07 Å². The van der Waals surface area contributed by atoms with Gasteiger partial charge in [-0.15, -0.1) is 0 Å². The average molecular weight is 341 g/mol. The normalized spacial score (nSPS) is 12.7. The molecule has 1 heterocycles. The standard InChI is InChI=1S/C15H18BrFN2O/c1-3-12-15(16)13(19(4-2)18-12)9-14(20)10-7-5-6-8-11(10)17/h5-8,14,20H,3-4,9H2,1-2H3. The maximum atomic E-state index is 13.7. The minimum atomic E-state index is -0.876. The first-order chi connectivity index (χ1) is 9.58. The Bertz CT molecular complexity index is 598. The Balaban J connectivity index is 2.30. The minimum absolute atomic E-state index is 0.321. The number of halogens is 2. The summed E-state index contributed by atoms with van der Waals surface area (Å²) in [5.74, 6) is -0.380. The van der Waals surface area contributed by atoms with E-state index in [1.807, 2.05) is 18.5 Å². The molecule has 2 aromatic rings. The van der Waals surface area contributed by atoms with Gasteiger partial charge in [0.2, 0.25) is 0 Å². The second kappa shape index (κ2) is 6.50. The van der Waals surface area contributed by atoms with Gasteiger partial charge in [0.15, 0.2) is 0 Å². The van der Waals surface area contributed by atoms with Crippen LogP contribution in [0.4, 0.5) is 4.39 Å². The molecule has 0 saturated heterocycles. The first kappa shape index (κ1) is 15.2. The number of benzene rings is 1. The molecule has 0 radical (unpaired) electrons. The van der Waals surface area contributed by atoms with E-state index in [-0.39, 0.29) is 5.82 Å². The molecule has 0 aliphatic rings. The van der Waals surface area contributed by atoms with Crippen LogP contribution >= 0.6 is 15.9 Å². The summed E-state index contributed by atoms with van der Waals surface area (Å²) in [6, 6.07) is 6.32. The molecule has 1 N–H and O–H groups in total. The van der Waals surface area contributed by atoms with E-state index in [0.717, 1.165) is 28.8 Å². The third-order valence-electron chi connectivity index (χ3n) is 3.35. The average Bonchev–Trinajstić information content (AvgIpc) is 2.75. The van der Waals surface area contributed by atoms with Crippen molar-refractivity contribution >= 4 is 15.9 Å². The highest BCUT2D eigenvalue weighted by Crippen LogP contribution is 2.28. The van der Waals surface area contributed by atoms with Crippen molar-refractivity contribution in [2.24, 2.45) is 0 Å². The van der Waals surface area contributed by atoms with Crippen molar-refractivity contribution in [3.63, 3.8) is 0 Å². The van der Waals surface area contributed by atoms with Crippen LogP contribution in [0.2, 0.25) is 0 Å². The van der Waals surface area contributed by atoms with Crippen molar-refractivity contribution in [1.29, 1.82) is 0 Å². The monoisotopic (exact) mass is 340 g/mol.